The summed E-state index contributed by atoms with van der Waals surface area (Å²) in [6.45, 7) is 5.39. The van der Waals surface area contributed by atoms with Crippen LogP contribution in [0, 0.1) is 11.3 Å². The number of ether oxygens (including phenoxy) is 1. The molecular formula is C13H27NO2. The van der Waals surface area contributed by atoms with Crippen molar-refractivity contribution in [1.82, 2.24) is 0 Å². The molecule has 16 heavy (non-hydrogen) atoms. The van der Waals surface area contributed by atoms with Gasteiger partial charge >= 0.3 is 0 Å². The third-order valence-corrected chi connectivity index (χ3v) is 4.56. The molecule has 3 N–H and O–H groups in total. The first-order valence-electron chi connectivity index (χ1n) is 6.39. The summed E-state index contributed by atoms with van der Waals surface area (Å²) in [6, 6.07) is 0. The Morgan fingerprint density at radius 2 is 2.00 bits per heavy atom. The van der Waals surface area contributed by atoms with Crippen LogP contribution < -0.4 is 5.73 Å². The van der Waals surface area contributed by atoms with Crippen molar-refractivity contribution >= 4 is 0 Å². The van der Waals surface area contributed by atoms with Gasteiger partial charge < -0.3 is 15.6 Å². The lowest BCUT2D eigenvalue weighted by molar-refractivity contribution is -0.105. The fourth-order valence-corrected chi connectivity index (χ4v) is 2.84. The molecule has 0 aliphatic heterocycles. The van der Waals surface area contributed by atoms with Crippen LogP contribution >= 0.6 is 0 Å². The molecular weight excluding hydrogens is 202 g/mol. The largest absolute Gasteiger partial charge is 0.389 e. The lowest BCUT2D eigenvalue weighted by Crippen LogP contribution is -2.53. The summed E-state index contributed by atoms with van der Waals surface area (Å²) in [4.78, 5) is 0. The van der Waals surface area contributed by atoms with Crippen LogP contribution in [-0.4, -0.2) is 31.0 Å². The zero-order valence-corrected chi connectivity index (χ0v) is 11.0. The molecule has 0 aromatic carbocycles. The van der Waals surface area contributed by atoms with Crippen LogP contribution in [0.15, 0.2) is 0 Å². The molecule has 0 heterocycles. The second kappa shape index (κ2) is 5.48. The van der Waals surface area contributed by atoms with Crippen molar-refractivity contribution in [2.45, 2.75) is 51.6 Å². The highest BCUT2D eigenvalue weighted by atomic mass is 16.5. The van der Waals surface area contributed by atoms with Crippen molar-refractivity contribution in [3.05, 3.63) is 0 Å². The smallest absolute Gasteiger partial charge is 0.0709 e. The Labute approximate surface area is 99.4 Å². The third kappa shape index (κ3) is 2.76. The molecule has 1 fully saturated rings. The number of hydrogen-bond acceptors (Lipinski definition) is 3. The Balaban J connectivity index is 2.70. The first kappa shape index (κ1) is 13.9. The number of aliphatic hydroxyl groups is 1. The number of rotatable bonds is 5. The second-order valence-electron chi connectivity index (χ2n) is 5.68. The van der Waals surface area contributed by atoms with E-state index in [0.717, 1.165) is 18.8 Å². The van der Waals surface area contributed by atoms with Gasteiger partial charge in [0, 0.05) is 25.7 Å². The molecule has 96 valence electrons. The number of hydrogen-bond donors (Lipinski definition) is 2. The summed E-state index contributed by atoms with van der Waals surface area (Å²) >= 11 is 0. The van der Waals surface area contributed by atoms with Gasteiger partial charge in [0.05, 0.1) is 5.60 Å². The van der Waals surface area contributed by atoms with Gasteiger partial charge in [-0.1, -0.05) is 19.8 Å². The van der Waals surface area contributed by atoms with Crippen LogP contribution in [-0.2, 0) is 4.74 Å². The van der Waals surface area contributed by atoms with E-state index in [-0.39, 0.29) is 5.41 Å². The molecule has 0 bridgehead atoms. The van der Waals surface area contributed by atoms with Crippen LogP contribution in [0.4, 0.5) is 0 Å². The molecule has 0 aromatic rings. The maximum atomic E-state index is 10.6. The fraction of sp³-hybridized carbons (Fsp3) is 1.00. The maximum Gasteiger partial charge on any atom is 0.0709 e. The van der Waals surface area contributed by atoms with E-state index in [9.17, 15) is 5.11 Å². The van der Waals surface area contributed by atoms with E-state index in [1.807, 2.05) is 6.92 Å². The van der Waals surface area contributed by atoms with Gasteiger partial charge in [-0.3, -0.25) is 0 Å². The monoisotopic (exact) mass is 229 g/mol. The first-order chi connectivity index (χ1) is 7.47. The van der Waals surface area contributed by atoms with E-state index >= 15 is 0 Å². The molecule has 1 aliphatic rings. The Morgan fingerprint density at radius 1 is 1.44 bits per heavy atom. The molecule has 0 spiro atoms. The van der Waals surface area contributed by atoms with Gasteiger partial charge in [-0.2, -0.15) is 0 Å². The van der Waals surface area contributed by atoms with Gasteiger partial charge in [-0.25, -0.2) is 0 Å². The maximum absolute atomic E-state index is 10.6. The average Bonchev–Trinajstić information content (AvgIpc) is 2.27. The van der Waals surface area contributed by atoms with E-state index in [4.69, 9.17) is 10.5 Å². The lowest BCUT2D eigenvalue weighted by atomic mass is 9.61. The Kier molecular flexibility index (Phi) is 4.77. The minimum Gasteiger partial charge on any atom is -0.389 e. The van der Waals surface area contributed by atoms with E-state index < -0.39 is 5.60 Å². The summed E-state index contributed by atoms with van der Waals surface area (Å²) < 4.78 is 5.08. The summed E-state index contributed by atoms with van der Waals surface area (Å²) in [7, 11) is 1.67. The summed E-state index contributed by atoms with van der Waals surface area (Å²) in [5.41, 5.74) is 5.15. The zero-order chi connectivity index (χ0) is 12.2. The van der Waals surface area contributed by atoms with Crippen LogP contribution in [0.2, 0.25) is 0 Å². The summed E-state index contributed by atoms with van der Waals surface area (Å²) in [5, 5.41) is 10.6. The van der Waals surface area contributed by atoms with Crippen molar-refractivity contribution < 1.29 is 9.84 Å². The highest BCUT2D eigenvalue weighted by Crippen LogP contribution is 2.47. The van der Waals surface area contributed by atoms with Gasteiger partial charge in [0.2, 0.25) is 0 Å². The molecule has 1 atom stereocenters. The SMILES string of the molecule is COCCC(C)(O)C1(CN)CCC(C)CC1. The topological polar surface area (TPSA) is 55.5 Å². The van der Waals surface area contributed by atoms with E-state index in [1.165, 1.54) is 12.8 Å². The predicted octanol–water partition coefficient (Wildman–Crippen LogP) is 1.93. The van der Waals surface area contributed by atoms with Crippen LogP contribution in [0.25, 0.3) is 0 Å². The van der Waals surface area contributed by atoms with Crippen LogP contribution in [0.1, 0.15) is 46.0 Å². The molecule has 3 heteroatoms. The molecule has 0 saturated heterocycles. The predicted molar refractivity (Wildman–Crippen MR) is 66.2 cm³/mol. The minimum atomic E-state index is -0.697. The molecule has 0 radical (unpaired) electrons. The van der Waals surface area contributed by atoms with Gasteiger partial charge in [-0.15, -0.1) is 0 Å². The Morgan fingerprint density at radius 3 is 2.44 bits per heavy atom. The van der Waals surface area contributed by atoms with E-state index in [2.05, 4.69) is 6.92 Å². The van der Waals surface area contributed by atoms with Crippen molar-refractivity contribution in [1.29, 1.82) is 0 Å². The third-order valence-electron chi connectivity index (χ3n) is 4.56. The summed E-state index contributed by atoms with van der Waals surface area (Å²) in [5.74, 6) is 0.776. The van der Waals surface area contributed by atoms with Crippen LogP contribution in [0.5, 0.6) is 0 Å². The van der Waals surface area contributed by atoms with Gasteiger partial charge in [-0.05, 0) is 32.1 Å². The lowest BCUT2D eigenvalue weighted by Gasteiger charge is -2.48. The molecule has 1 unspecified atom stereocenters. The average molecular weight is 229 g/mol. The zero-order valence-electron chi connectivity index (χ0n) is 11.0. The molecule has 1 aliphatic carbocycles. The normalized spacial score (nSPS) is 34.7. The highest BCUT2D eigenvalue weighted by molar-refractivity contribution is 4.99. The Hall–Kier alpha value is -0.120. The second-order valence-corrected chi connectivity index (χ2v) is 5.68. The molecule has 0 amide bonds. The number of nitrogens with two attached hydrogens (primary N) is 1. The molecule has 1 rings (SSSR count). The van der Waals surface area contributed by atoms with Crippen molar-refractivity contribution in [3.8, 4) is 0 Å². The highest BCUT2D eigenvalue weighted by Gasteiger charge is 2.46. The Bertz CT molecular complexity index is 208. The van der Waals surface area contributed by atoms with E-state index in [1.54, 1.807) is 7.11 Å². The number of methoxy groups -OCH3 is 1. The quantitative estimate of drug-likeness (QED) is 0.757. The fourth-order valence-electron chi connectivity index (χ4n) is 2.84. The van der Waals surface area contributed by atoms with Gasteiger partial charge in [0.25, 0.3) is 0 Å². The van der Waals surface area contributed by atoms with E-state index in [0.29, 0.717) is 19.6 Å². The molecule has 0 aromatic heterocycles. The minimum absolute atomic E-state index is 0.0992. The molecule has 3 nitrogen and oxygen atoms in total. The first-order valence-corrected chi connectivity index (χ1v) is 6.39. The van der Waals surface area contributed by atoms with Crippen molar-refractivity contribution in [2.24, 2.45) is 17.1 Å². The van der Waals surface area contributed by atoms with Crippen LogP contribution in [0.3, 0.4) is 0 Å². The molecule has 1 saturated carbocycles. The van der Waals surface area contributed by atoms with Crippen molar-refractivity contribution in [3.63, 3.8) is 0 Å². The standard InChI is InChI=1S/C13H27NO2/c1-11-4-6-13(10-14,7-5-11)12(2,15)8-9-16-3/h11,15H,4-10,14H2,1-3H3. The van der Waals surface area contributed by atoms with Gasteiger partial charge in [0.15, 0.2) is 0 Å². The summed E-state index contributed by atoms with van der Waals surface area (Å²) in [6.07, 6.45) is 5.12. The van der Waals surface area contributed by atoms with Gasteiger partial charge in [0.1, 0.15) is 0 Å². The van der Waals surface area contributed by atoms with Crippen molar-refractivity contribution in [2.75, 3.05) is 20.3 Å².